The summed E-state index contributed by atoms with van der Waals surface area (Å²) in [6.07, 6.45) is 4.08. The van der Waals surface area contributed by atoms with Crippen LogP contribution in [0.25, 0.3) is 22.4 Å². The van der Waals surface area contributed by atoms with Crippen LogP contribution < -0.4 is 0 Å². The second kappa shape index (κ2) is 8.36. The van der Waals surface area contributed by atoms with Crippen LogP contribution in [0.5, 0.6) is 0 Å². The van der Waals surface area contributed by atoms with Crippen molar-refractivity contribution in [3.8, 4) is 11.4 Å². The molecule has 1 fully saturated rings. The van der Waals surface area contributed by atoms with Crippen molar-refractivity contribution in [3.63, 3.8) is 0 Å². The van der Waals surface area contributed by atoms with Gasteiger partial charge in [-0.05, 0) is 49.2 Å². The Morgan fingerprint density at radius 3 is 2.39 bits per heavy atom. The Morgan fingerprint density at radius 2 is 1.70 bits per heavy atom. The molecule has 0 N–H and O–H groups in total. The SMILES string of the molecule is CS(=O)(=O)c1ccc(-c2noc(C3CCN(C(=O)c4cnc5ccccc5n4)CC3)n2)cc1. The summed E-state index contributed by atoms with van der Waals surface area (Å²) in [4.78, 5) is 28.2. The lowest BCUT2D eigenvalue weighted by molar-refractivity contribution is 0.0698. The highest BCUT2D eigenvalue weighted by Gasteiger charge is 2.29. The van der Waals surface area contributed by atoms with Gasteiger partial charge in [0.15, 0.2) is 9.84 Å². The monoisotopic (exact) mass is 463 g/mol. The minimum Gasteiger partial charge on any atom is -0.339 e. The first kappa shape index (κ1) is 21.2. The highest BCUT2D eigenvalue weighted by molar-refractivity contribution is 7.90. The number of piperidine rings is 1. The largest absolute Gasteiger partial charge is 0.339 e. The van der Waals surface area contributed by atoms with Crippen LogP contribution in [-0.4, -0.2) is 58.7 Å². The molecular weight excluding hydrogens is 442 g/mol. The Hall–Kier alpha value is -3.66. The molecule has 2 aromatic heterocycles. The number of carbonyl (C=O) groups excluding carboxylic acids is 1. The summed E-state index contributed by atoms with van der Waals surface area (Å²) < 4.78 is 28.7. The molecule has 0 saturated carbocycles. The van der Waals surface area contributed by atoms with Crippen LogP contribution in [-0.2, 0) is 9.84 Å². The van der Waals surface area contributed by atoms with Crippen molar-refractivity contribution in [2.45, 2.75) is 23.7 Å². The first-order valence-corrected chi connectivity index (χ1v) is 12.4. The van der Waals surface area contributed by atoms with Crippen LogP contribution in [0.3, 0.4) is 0 Å². The molecule has 0 bridgehead atoms. The fourth-order valence-electron chi connectivity index (χ4n) is 3.92. The maximum Gasteiger partial charge on any atom is 0.274 e. The van der Waals surface area contributed by atoms with E-state index in [1.165, 1.54) is 18.3 Å². The van der Waals surface area contributed by atoms with Gasteiger partial charge in [-0.3, -0.25) is 9.78 Å². The standard InChI is InChI=1S/C23H21N5O4S/c1-33(30,31)17-8-6-15(7-9-17)21-26-22(32-27-21)16-10-12-28(13-11-16)23(29)20-14-24-18-4-2-3-5-19(18)25-20/h2-9,14,16H,10-13H2,1H3. The van der Waals surface area contributed by atoms with Gasteiger partial charge in [0.2, 0.25) is 11.7 Å². The normalized spacial score (nSPS) is 15.1. The highest BCUT2D eigenvalue weighted by atomic mass is 32.2. The maximum atomic E-state index is 12.9. The van der Waals surface area contributed by atoms with E-state index < -0.39 is 9.84 Å². The topological polar surface area (TPSA) is 119 Å². The third kappa shape index (κ3) is 4.34. The molecule has 1 aliphatic heterocycles. The Morgan fingerprint density at radius 1 is 1.00 bits per heavy atom. The molecule has 1 amide bonds. The van der Waals surface area contributed by atoms with Gasteiger partial charge >= 0.3 is 0 Å². The van der Waals surface area contributed by atoms with Crippen molar-refractivity contribution >= 4 is 26.8 Å². The van der Waals surface area contributed by atoms with E-state index in [0.29, 0.717) is 54.4 Å². The molecule has 0 spiro atoms. The van der Waals surface area contributed by atoms with Crippen molar-refractivity contribution in [1.82, 2.24) is 25.0 Å². The van der Waals surface area contributed by atoms with E-state index in [1.807, 2.05) is 24.3 Å². The zero-order valence-electron chi connectivity index (χ0n) is 17.9. The molecule has 2 aromatic carbocycles. The number of hydrogen-bond acceptors (Lipinski definition) is 8. The van der Waals surface area contributed by atoms with Gasteiger partial charge in [0.05, 0.1) is 22.1 Å². The Labute approximate surface area is 190 Å². The van der Waals surface area contributed by atoms with Gasteiger partial charge in [0.1, 0.15) is 5.69 Å². The van der Waals surface area contributed by atoms with E-state index in [-0.39, 0.29) is 16.7 Å². The lowest BCUT2D eigenvalue weighted by Gasteiger charge is -2.30. The second-order valence-corrected chi connectivity index (χ2v) is 10.1. The average molecular weight is 464 g/mol. The van der Waals surface area contributed by atoms with Crippen LogP contribution in [0.1, 0.15) is 35.1 Å². The quantitative estimate of drug-likeness (QED) is 0.453. The summed E-state index contributed by atoms with van der Waals surface area (Å²) in [6, 6.07) is 13.8. The number of rotatable bonds is 4. The number of fused-ring (bicyclic) bond motifs is 1. The number of carbonyl (C=O) groups is 1. The third-order valence-electron chi connectivity index (χ3n) is 5.78. The molecule has 1 aliphatic rings. The number of para-hydroxylation sites is 2. The molecule has 0 unspecified atom stereocenters. The number of hydrogen-bond donors (Lipinski definition) is 0. The van der Waals surface area contributed by atoms with Crippen LogP contribution in [0.2, 0.25) is 0 Å². The van der Waals surface area contributed by atoms with Gasteiger partial charge in [-0.25, -0.2) is 13.4 Å². The maximum absolute atomic E-state index is 12.9. The first-order valence-electron chi connectivity index (χ1n) is 10.5. The van der Waals surface area contributed by atoms with Gasteiger partial charge in [-0.15, -0.1) is 0 Å². The summed E-state index contributed by atoms with van der Waals surface area (Å²) in [5, 5.41) is 4.05. The van der Waals surface area contributed by atoms with Crippen LogP contribution in [0, 0.1) is 0 Å². The van der Waals surface area contributed by atoms with E-state index in [2.05, 4.69) is 20.1 Å². The Balaban J connectivity index is 1.25. The fourth-order valence-corrected chi connectivity index (χ4v) is 4.55. The van der Waals surface area contributed by atoms with E-state index in [4.69, 9.17) is 4.52 Å². The van der Waals surface area contributed by atoms with E-state index in [9.17, 15) is 13.2 Å². The zero-order chi connectivity index (χ0) is 23.0. The molecule has 0 atom stereocenters. The van der Waals surface area contributed by atoms with Gasteiger partial charge in [-0.2, -0.15) is 4.98 Å². The van der Waals surface area contributed by atoms with Crippen molar-refractivity contribution in [2.24, 2.45) is 0 Å². The molecule has 168 valence electrons. The molecule has 3 heterocycles. The van der Waals surface area contributed by atoms with E-state index in [1.54, 1.807) is 17.0 Å². The summed E-state index contributed by atoms with van der Waals surface area (Å²) in [5.41, 5.74) is 2.47. The smallest absolute Gasteiger partial charge is 0.274 e. The van der Waals surface area contributed by atoms with Gasteiger partial charge < -0.3 is 9.42 Å². The van der Waals surface area contributed by atoms with Gasteiger partial charge in [0, 0.05) is 30.8 Å². The van der Waals surface area contributed by atoms with Crippen molar-refractivity contribution in [2.75, 3.05) is 19.3 Å². The van der Waals surface area contributed by atoms with Crippen LogP contribution >= 0.6 is 0 Å². The lowest BCUT2D eigenvalue weighted by Crippen LogP contribution is -2.38. The van der Waals surface area contributed by atoms with Crippen molar-refractivity contribution < 1.29 is 17.7 Å². The highest BCUT2D eigenvalue weighted by Crippen LogP contribution is 2.29. The number of amides is 1. The Bertz CT molecular complexity index is 1420. The number of sulfone groups is 1. The van der Waals surface area contributed by atoms with Gasteiger partial charge in [0.25, 0.3) is 5.91 Å². The Kier molecular flexibility index (Phi) is 5.37. The van der Waals surface area contributed by atoms with Gasteiger partial charge in [-0.1, -0.05) is 17.3 Å². The molecular formula is C23H21N5O4S. The molecule has 4 aromatic rings. The molecule has 33 heavy (non-hydrogen) atoms. The van der Waals surface area contributed by atoms with E-state index in [0.717, 1.165) is 11.8 Å². The minimum atomic E-state index is -3.26. The number of aromatic nitrogens is 4. The van der Waals surface area contributed by atoms with Crippen LogP contribution in [0.4, 0.5) is 0 Å². The zero-order valence-corrected chi connectivity index (χ0v) is 18.7. The molecule has 1 saturated heterocycles. The minimum absolute atomic E-state index is 0.0493. The fraction of sp³-hybridized carbons (Fsp3) is 0.261. The summed E-state index contributed by atoms with van der Waals surface area (Å²) in [6.45, 7) is 1.11. The predicted octanol–water partition coefficient (Wildman–Crippen LogP) is 3.10. The number of likely N-dealkylation sites (tertiary alicyclic amines) is 1. The molecule has 10 heteroatoms. The van der Waals surface area contributed by atoms with E-state index >= 15 is 0 Å². The number of nitrogens with zero attached hydrogens (tertiary/aromatic N) is 5. The third-order valence-corrected chi connectivity index (χ3v) is 6.91. The summed E-state index contributed by atoms with van der Waals surface area (Å²) in [5.74, 6) is 0.849. The first-order chi connectivity index (χ1) is 15.9. The molecule has 0 radical (unpaired) electrons. The van der Waals surface area contributed by atoms with Crippen molar-refractivity contribution in [1.29, 1.82) is 0 Å². The second-order valence-electron chi connectivity index (χ2n) is 8.06. The molecule has 0 aliphatic carbocycles. The average Bonchev–Trinajstić information content (AvgIpc) is 3.33. The van der Waals surface area contributed by atoms with Crippen molar-refractivity contribution in [3.05, 3.63) is 66.3 Å². The number of benzene rings is 2. The molecule has 5 rings (SSSR count). The summed E-state index contributed by atoms with van der Waals surface area (Å²) in [7, 11) is -3.26. The molecule has 9 nitrogen and oxygen atoms in total. The van der Waals surface area contributed by atoms with Crippen LogP contribution in [0.15, 0.2) is 64.1 Å². The summed E-state index contributed by atoms with van der Waals surface area (Å²) >= 11 is 0. The predicted molar refractivity (Wildman–Crippen MR) is 120 cm³/mol. The lowest BCUT2D eigenvalue weighted by atomic mass is 9.96.